The second-order valence-corrected chi connectivity index (χ2v) is 9.73. The molecule has 11 heteroatoms. The van der Waals surface area contributed by atoms with Gasteiger partial charge in [-0.15, -0.1) is 0 Å². The van der Waals surface area contributed by atoms with Crippen LogP contribution in [0.3, 0.4) is 0 Å². The third-order valence-electron chi connectivity index (χ3n) is 6.99. The van der Waals surface area contributed by atoms with Gasteiger partial charge >= 0.3 is 0 Å². The van der Waals surface area contributed by atoms with Gasteiger partial charge in [-0.1, -0.05) is 0 Å². The molecule has 1 aliphatic heterocycles. The van der Waals surface area contributed by atoms with Gasteiger partial charge in [-0.2, -0.15) is 5.10 Å². The molecule has 0 radical (unpaired) electrons. The minimum Gasteiger partial charge on any atom is -0.336 e. The molecule has 0 spiro atoms. The first kappa shape index (κ1) is 23.5. The minimum atomic E-state index is -2.67. The number of alkyl halides is 2. The number of aromatic nitrogens is 7. The Morgan fingerprint density at radius 1 is 0.923 bits per heavy atom. The first-order valence-corrected chi connectivity index (χ1v) is 12.4. The molecule has 7 rings (SSSR count). The van der Waals surface area contributed by atoms with Crippen molar-refractivity contribution in [2.24, 2.45) is 0 Å². The number of aromatic amines is 2. The molecule has 8 nitrogen and oxygen atoms in total. The van der Waals surface area contributed by atoms with Crippen molar-refractivity contribution in [1.29, 1.82) is 0 Å². The number of likely N-dealkylation sites (tertiary alicyclic amines) is 1. The number of halogens is 3. The molecule has 6 aromatic rings. The molecule has 6 heterocycles. The Kier molecular flexibility index (Phi) is 5.41. The number of benzene rings is 1. The predicted octanol–water partition coefficient (Wildman–Crippen LogP) is 5.61. The Hall–Kier alpha value is -4.64. The zero-order chi connectivity index (χ0) is 26.6. The van der Waals surface area contributed by atoms with E-state index in [1.807, 2.05) is 18.2 Å². The van der Waals surface area contributed by atoms with E-state index in [2.05, 4.69) is 30.1 Å². The van der Waals surface area contributed by atoms with Gasteiger partial charge in [0, 0.05) is 78.6 Å². The third kappa shape index (κ3) is 4.30. The Labute approximate surface area is 220 Å². The summed E-state index contributed by atoms with van der Waals surface area (Å²) >= 11 is 0. The van der Waals surface area contributed by atoms with Crippen molar-refractivity contribution < 1.29 is 13.2 Å². The second-order valence-electron chi connectivity index (χ2n) is 9.73. The molecule has 194 valence electrons. The number of rotatable bonds is 5. The first-order valence-electron chi connectivity index (χ1n) is 12.4. The summed E-state index contributed by atoms with van der Waals surface area (Å²) in [6.45, 7) is 0.349. The van der Waals surface area contributed by atoms with Crippen LogP contribution in [0, 0.1) is 5.82 Å². The molecule has 0 bridgehead atoms. The van der Waals surface area contributed by atoms with Crippen molar-refractivity contribution >= 4 is 21.9 Å². The summed E-state index contributed by atoms with van der Waals surface area (Å²) in [5.74, 6) is -2.61. The largest absolute Gasteiger partial charge is 0.336 e. The van der Waals surface area contributed by atoms with Gasteiger partial charge in [-0.05, 0) is 35.9 Å². The van der Waals surface area contributed by atoms with Crippen LogP contribution in [0.5, 0.6) is 0 Å². The summed E-state index contributed by atoms with van der Waals surface area (Å²) in [7, 11) is 0. The third-order valence-corrected chi connectivity index (χ3v) is 6.99. The maximum Gasteiger partial charge on any atom is 0.261 e. The van der Waals surface area contributed by atoms with Crippen LogP contribution >= 0.6 is 0 Å². The molecule has 5 aromatic heterocycles. The van der Waals surface area contributed by atoms with Gasteiger partial charge in [-0.25, -0.2) is 18.2 Å². The molecule has 0 unspecified atom stereocenters. The highest BCUT2D eigenvalue weighted by molar-refractivity contribution is 5.97. The smallest absolute Gasteiger partial charge is 0.261 e. The molecule has 1 fully saturated rings. The predicted molar refractivity (Wildman–Crippen MR) is 140 cm³/mol. The average Bonchev–Trinajstić information content (AvgIpc) is 3.64. The molecule has 2 N–H and O–H groups in total. The Bertz CT molecular complexity index is 1830. The van der Waals surface area contributed by atoms with Crippen molar-refractivity contribution in [3.63, 3.8) is 0 Å². The number of nitrogens with one attached hydrogen (secondary N) is 2. The van der Waals surface area contributed by atoms with Crippen LogP contribution in [0.25, 0.3) is 55.8 Å². The highest BCUT2D eigenvalue weighted by Gasteiger charge is 2.37. The quantitative estimate of drug-likeness (QED) is 0.303. The van der Waals surface area contributed by atoms with Crippen LogP contribution in [0.15, 0.2) is 67.4 Å². The fourth-order valence-corrected chi connectivity index (χ4v) is 5.13. The lowest BCUT2D eigenvalue weighted by atomic mass is 10.0. The Morgan fingerprint density at radius 3 is 2.62 bits per heavy atom. The van der Waals surface area contributed by atoms with E-state index in [9.17, 15) is 8.78 Å². The first-order chi connectivity index (χ1) is 18.9. The summed E-state index contributed by atoms with van der Waals surface area (Å²) in [5, 5.41) is 8.00. The SMILES string of the molecule is Fc1cc2[nH]nc(-c3nc4c(-c5ccncc5)nccc4[nH]3)c2cc1-c1cncc(CN2CCC(F)(F)C2)c1. The normalized spacial score (nSPS) is 15.5. The molecule has 0 atom stereocenters. The van der Waals surface area contributed by atoms with E-state index in [1.54, 1.807) is 48.0 Å². The maximum absolute atomic E-state index is 15.2. The van der Waals surface area contributed by atoms with E-state index >= 15 is 4.39 Å². The van der Waals surface area contributed by atoms with Crippen LogP contribution in [0.2, 0.25) is 0 Å². The Morgan fingerprint density at radius 2 is 1.79 bits per heavy atom. The van der Waals surface area contributed by atoms with E-state index in [1.165, 1.54) is 6.07 Å². The molecule has 0 amide bonds. The van der Waals surface area contributed by atoms with Crippen molar-refractivity contribution in [3.05, 3.63) is 78.8 Å². The van der Waals surface area contributed by atoms with Crippen molar-refractivity contribution in [2.45, 2.75) is 18.9 Å². The van der Waals surface area contributed by atoms with Gasteiger partial charge < -0.3 is 4.98 Å². The van der Waals surface area contributed by atoms with Crippen LogP contribution in [0.1, 0.15) is 12.0 Å². The second kappa shape index (κ2) is 8.98. The summed E-state index contributed by atoms with van der Waals surface area (Å²) in [5.41, 5.74) is 5.74. The van der Waals surface area contributed by atoms with Crippen LogP contribution in [-0.4, -0.2) is 59.0 Å². The fourth-order valence-electron chi connectivity index (χ4n) is 5.13. The lowest BCUT2D eigenvalue weighted by Gasteiger charge is -2.16. The van der Waals surface area contributed by atoms with Gasteiger partial charge in [0.2, 0.25) is 0 Å². The number of hydrogen-bond donors (Lipinski definition) is 2. The Balaban J connectivity index is 1.27. The minimum absolute atomic E-state index is 0.156. The molecular formula is C28H21F3N8. The van der Waals surface area contributed by atoms with Gasteiger partial charge in [0.05, 0.1) is 23.3 Å². The molecule has 1 aromatic carbocycles. The zero-order valence-corrected chi connectivity index (χ0v) is 20.5. The number of nitrogens with zero attached hydrogens (tertiary/aromatic N) is 6. The molecule has 1 aliphatic rings. The fraction of sp³-hybridized carbons (Fsp3) is 0.179. The van der Waals surface area contributed by atoms with E-state index in [4.69, 9.17) is 4.98 Å². The van der Waals surface area contributed by atoms with Crippen LogP contribution in [-0.2, 0) is 6.54 Å². The van der Waals surface area contributed by atoms with Gasteiger partial charge in [0.1, 0.15) is 17.0 Å². The van der Waals surface area contributed by atoms with E-state index in [0.717, 1.165) is 16.6 Å². The number of H-pyrrole nitrogens is 2. The molecular weight excluding hydrogens is 505 g/mol. The van der Waals surface area contributed by atoms with Gasteiger partial charge in [-0.3, -0.25) is 25.0 Å². The zero-order valence-electron chi connectivity index (χ0n) is 20.5. The molecule has 39 heavy (non-hydrogen) atoms. The number of fused-ring (bicyclic) bond motifs is 2. The van der Waals surface area contributed by atoms with Crippen molar-refractivity contribution in [3.8, 4) is 33.9 Å². The monoisotopic (exact) mass is 526 g/mol. The lowest BCUT2D eigenvalue weighted by molar-refractivity contribution is 0.0115. The number of hydrogen-bond acceptors (Lipinski definition) is 6. The summed E-state index contributed by atoms with van der Waals surface area (Å²) in [6, 6.07) is 10.5. The van der Waals surface area contributed by atoms with Gasteiger partial charge in [0.25, 0.3) is 5.92 Å². The summed E-state index contributed by atoms with van der Waals surface area (Å²) in [4.78, 5) is 22.6. The van der Waals surface area contributed by atoms with Crippen LogP contribution in [0.4, 0.5) is 13.2 Å². The molecule has 0 saturated carbocycles. The van der Waals surface area contributed by atoms with Gasteiger partial charge in [0.15, 0.2) is 5.82 Å². The standard InChI is InChI=1S/C28H21F3N8/c29-21-11-23-20(10-19(21)18-9-16(12-33-13-18)14-39-8-4-28(30,31)15-39)25(38-37-23)27-35-22-3-7-34-24(26(22)36-27)17-1-5-32-6-2-17/h1-3,5-7,9-13H,4,8,14-15H2,(H,35,36)(H,37,38). The average molecular weight is 527 g/mol. The highest BCUT2D eigenvalue weighted by Crippen LogP contribution is 2.34. The van der Waals surface area contributed by atoms with E-state index in [0.29, 0.717) is 57.8 Å². The van der Waals surface area contributed by atoms with Crippen molar-refractivity contribution in [1.82, 2.24) is 40.0 Å². The summed E-state index contributed by atoms with van der Waals surface area (Å²) in [6.07, 6.45) is 8.15. The van der Waals surface area contributed by atoms with E-state index < -0.39 is 11.7 Å². The van der Waals surface area contributed by atoms with Crippen LogP contribution < -0.4 is 0 Å². The van der Waals surface area contributed by atoms with Crippen molar-refractivity contribution in [2.75, 3.05) is 13.1 Å². The topological polar surface area (TPSA) is 99.3 Å². The lowest BCUT2D eigenvalue weighted by Crippen LogP contribution is -2.24. The number of pyridine rings is 3. The highest BCUT2D eigenvalue weighted by atomic mass is 19.3. The maximum atomic E-state index is 15.2. The van der Waals surface area contributed by atoms with E-state index in [-0.39, 0.29) is 13.0 Å². The molecule has 1 saturated heterocycles. The number of imidazole rings is 1. The summed E-state index contributed by atoms with van der Waals surface area (Å²) < 4.78 is 42.5. The molecule has 0 aliphatic carbocycles.